The van der Waals surface area contributed by atoms with E-state index in [2.05, 4.69) is 5.73 Å². The van der Waals surface area contributed by atoms with E-state index in [9.17, 15) is 4.79 Å². The lowest BCUT2D eigenvalue weighted by molar-refractivity contribution is -0.407. The van der Waals surface area contributed by atoms with E-state index in [1.54, 1.807) is 18.2 Å². The van der Waals surface area contributed by atoms with Gasteiger partial charge in [-0.25, -0.2) is 4.79 Å². The van der Waals surface area contributed by atoms with Crippen molar-refractivity contribution in [2.75, 3.05) is 13.7 Å². The number of ether oxygens (including phenoxy) is 2. The standard InChI is InChI=1S/C12H13Cl4NO3.ClH/c1-19-10-3-2-7(4-8(10)13)5-9(17)11(18)20-6-12(14,15)16;/h2-4,9H,5-6,17H2,1H3;1H/t9-;/m1./s1. The second-order valence-corrected chi connectivity index (χ2v) is 7.02. The Morgan fingerprint density at radius 1 is 1.38 bits per heavy atom. The number of hydrogen-bond acceptors (Lipinski definition) is 3. The molecule has 0 amide bonds. The van der Waals surface area contributed by atoms with Crippen molar-refractivity contribution in [3.63, 3.8) is 0 Å². The maximum absolute atomic E-state index is 11.7. The first-order valence-electron chi connectivity index (χ1n) is 5.62. The summed E-state index contributed by atoms with van der Waals surface area (Å²) in [4.78, 5) is 11.7. The highest BCUT2D eigenvalue weighted by Crippen LogP contribution is 2.27. The van der Waals surface area contributed by atoms with Crippen LogP contribution in [0, 0.1) is 0 Å². The quantitative estimate of drug-likeness (QED) is 0.534. The molecular formula is C12H14Cl5NO3. The van der Waals surface area contributed by atoms with Crippen LogP contribution < -0.4 is 22.9 Å². The lowest BCUT2D eigenvalue weighted by atomic mass is 10.1. The van der Waals surface area contributed by atoms with Crippen LogP contribution in [0.2, 0.25) is 5.02 Å². The summed E-state index contributed by atoms with van der Waals surface area (Å²) in [6.07, 6.45) is 0.363. The normalized spacial score (nSPS) is 12.3. The van der Waals surface area contributed by atoms with Gasteiger partial charge in [0.15, 0.2) is 6.04 Å². The van der Waals surface area contributed by atoms with Crippen molar-refractivity contribution in [3.8, 4) is 5.75 Å². The predicted molar refractivity (Wildman–Crippen MR) is 79.6 cm³/mol. The number of carbonyl (C=O) groups excluding carboxylic acids is 1. The highest BCUT2D eigenvalue weighted by atomic mass is 35.6. The number of hydrogen-bond donors (Lipinski definition) is 1. The highest BCUT2D eigenvalue weighted by Gasteiger charge is 2.26. The van der Waals surface area contributed by atoms with Crippen molar-refractivity contribution in [2.45, 2.75) is 16.3 Å². The van der Waals surface area contributed by atoms with Crippen LogP contribution in [-0.2, 0) is 16.0 Å². The third-order valence-electron chi connectivity index (χ3n) is 2.41. The molecule has 0 spiro atoms. The Labute approximate surface area is 149 Å². The Hall–Kier alpha value is -0.100. The maximum Gasteiger partial charge on any atom is 0.365 e. The molecule has 1 aromatic carbocycles. The number of quaternary nitrogens is 1. The van der Waals surface area contributed by atoms with Gasteiger partial charge in [0.1, 0.15) is 12.4 Å². The molecule has 0 heterocycles. The Morgan fingerprint density at radius 3 is 2.48 bits per heavy atom. The number of esters is 1. The molecule has 3 N–H and O–H groups in total. The molecule has 9 heteroatoms. The average molecular weight is 398 g/mol. The van der Waals surface area contributed by atoms with Gasteiger partial charge >= 0.3 is 5.97 Å². The van der Waals surface area contributed by atoms with Gasteiger partial charge in [-0.2, -0.15) is 0 Å². The van der Waals surface area contributed by atoms with E-state index in [0.717, 1.165) is 5.56 Å². The minimum Gasteiger partial charge on any atom is -1.00 e. The number of methoxy groups -OCH3 is 1. The van der Waals surface area contributed by atoms with Gasteiger partial charge in [0.25, 0.3) is 0 Å². The monoisotopic (exact) mass is 395 g/mol. The summed E-state index contributed by atoms with van der Waals surface area (Å²) in [5.74, 6) is 0.0260. The van der Waals surface area contributed by atoms with Crippen LogP contribution >= 0.6 is 46.4 Å². The highest BCUT2D eigenvalue weighted by molar-refractivity contribution is 6.67. The molecule has 0 aliphatic carbocycles. The van der Waals surface area contributed by atoms with E-state index in [-0.39, 0.29) is 19.0 Å². The van der Waals surface area contributed by atoms with Crippen molar-refractivity contribution < 1.29 is 32.4 Å². The first kappa shape index (κ1) is 20.9. The van der Waals surface area contributed by atoms with E-state index >= 15 is 0 Å². The molecule has 0 radical (unpaired) electrons. The smallest absolute Gasteiger partial charge is 0.365 e. The van der Waals surface area contributed by atoms with Gasteiger partial charge in [0, 0.05) is 6.42 Å². The first-order chi connectivity index (χ1) is 9.23. The third kappa shape index (κ3) is 7.63. The van der Waals surface area contributed by atoms with Crippen LogP contribution in [0.1, 0.15) is 5.56 Å². The van der Waals surface area contributed by atoms with Gasteiger partial charge in [-0.15, -0.1) is 0 Å². The molecule has 1 atom stereocenters. The molecule has 0 aromatic heterocycles. The Balaban J connectivity index is 0.00000400. The summed E-state index contributed by atoms with van der Waals surface area (Å²) in [6, 6.07) is 4.61. The molecule has 0 aliphatic heterocycles. The lowest BCUT2D eigenvalue weighted by Gasteiger charge is -2.13. The molecule has 0 bridgehead atoms. The summed E-state index contributed by atoms with van der Waals surface area (Å²) >= 11 is 22.5. The van der Waals surface area contributed by atoms with Crippen LogP contribution in [0.3, 0.4) is 0 Å². The van der Waals surface area contributed by atoms with Crippen molar-refractivity contribution >= 4 is 52.4 Å². The van der Waals surface area contributed by atoms with Crippen molar-refractivity contribution in [1.82, 2.24) is 0 Å². The zero-order valence-corrected chi connectivity index (χ0v) is 14.8. The predicted octanol–water partition coefficient (Wildman–Crippen LogP) is -0.581. The molecule has 4 nitrogen and oxygen atoms in total. The molecule has 1 aromatic rings. The fourth-order valence-corrected chi connectivity index (χ4v) is 1.92. The summed E-state index contributed by atoms with van der Waals surface area (Å²) in [7, 11) is 1.53. The summed E-state index contributed by atoms with van der Waals surface area (Å²) < 4.78 is 8.28. The number of benzene rings is 1. The molecule has 120 valence electrons. The summed E-state index contributed by atoms with van der Waals surface area (Å²) in [5.41, 5.74) is 4.56. The topological polar surface area (TPSA) is 63.2 Å². The van der Waals surface area contributed by atoms with Crippen LogP contribution in [-0.4, -0.2) is 29.5 Å². The zero-order chi connectivity index (χ0) is 15.3. The molecular weight excluding hydrogens is 383 g/mol. The van der Waals surface area contributed by atoms with Crippen molar-refractivity contribution in [1.29, 1.82) is 0 Å². The van der Waals surface area contributed by atoms with Crippen LogP contribution in [0.15, 0.2) is 18.2 Å². The second-order valence-electron chi connectivity index (χ2n) is 4.09. The largest absolute Gasteiger partial charge is 1.00 e. The third-order valence-corrected chi connectivity index (χ3v) is 3.03. The summed E-state index contributed by atoms with van der Waals surface area (Å²) in [6.45, 7) is -0.314. The number of rotatable bonds is 5. The van der Waals surface area contributed by atoms with E-state index in [1.807, 2.05) is 0 Å². The van der Waals surface area contributed by atoms with Gasteiger partial charge < -0.3 is 27.6 Å². The van der Waals surface area contributed by atoms with E-state index in [0.29, 0.717) is 17.2 Å². The van der Waals surface area contributed by atoms with Gasteiger partial charge in [0.2, 0.25) is 3.79 Å². The SMILES string of the molecule is COc1ccc(C[C@@H]([NH3+])C(=O)OCC(Cl)(Cl)Cl)cc1Cl.[Cl-]. The van der Waals surface area contributed by atoms with Gasteiger partial charge in [0.05, 0.1) is 12.1 Å². The molecule has 0 saturated heterocycles. The first-order valence-corrected chi connectivity index (χ1v) is 7.13. The Morgan fingerprint density at radius 2 is 2.00 bits per heavy atom. The fraction of sp³-hybridized carbons (Fsp3) is 0.417. The van der Waals surface area contributed by atoms with Crippen LogP contribution in [0.5, 0.6) is 5.75 Å². The maximum atomic E-state index is 11.7. The molecule has 0 aliphatic rings. The zero-order valence-electron chi connectivity index (χ0n) is 11.0. The van der Waals surface area contributed by atoms with E-state index in [4.69, 9.17) is 55.9 Å². The average Bonchev–Trinajstić information content (AvgIpc) is 2.35. The summed E-state index contributed by atoms with van der Waals surface area (Å²) in [5, 5.41) is 0.465. The van der Waals surface area contributed by atoms with Gasteiger partial charge in [-0.3, -0.25) is 0 Å². The van der Waals surface area contributed by atoms with Gasteiger partial charge in [-0.05, 0) is 17.7 Å². The molecule has 0 fully saturated rings. The second kappa shape index (κ2) is 9.13. The molecule has 1 rings (SSSR count). The minimum absolute atomic E-state index is 0. The van der Waals surface area contributed by atoms with Crippen LogP contribution in [0.4, 0.5) is 0 Å². The van der Waals surface area contributed by atoms with E-state index < -0.39 is 15.8 Å². The number of alkyl halides is 3. The fourth-order valence-electron chi connectivity index (χ4n) is 1.48. The lowest BCUT2D eigenvalue weighted by Crippen LogP contribution is -3.00. The van der Waals surface area contributed by atoms with Crippen molar-refractivity contribution in [3.05, 3.63) is 28.8 Å². The number of carbonyl (C=O) groups is 1. The van der Waals surface area contributed by atoms with Gasteiger partial charge in [-0.1, -0.05) is 52.5 Å². The number of halogens is 5. The molecule has 0 saturated carbocycles. The molecule has 21 heavy (non-hydrogen) atoms. The Kier molecular flexibility index (Phi) is 9.09. The van der Waals surface area contributed by atoms with E-state index in [1.165, 1.54) is 7.11 Å². The van der Waals surface area contributed by atoms with Crippen molar-refractivity contribution in [2.24, 2.45) is 0 Å². The molecule has 0 unspecified atom stereocenters. The Bertz CT molecular complexity index is 478. The minimum atomic E-state index is -1.63. The van der Waals surface area contributed by atoms with Crippen LogP contribution in [0.25, 0.3) is 0 Å².